The van der Waals surface area contributed by atoms with Gasteiger partial charge in [-0.2, -0.15) is 13.2 Å². The van der Waals surface area contributed by atoms with Gasteiger partial charge < -0.3 is 14.0 Å². The Morgan fingerprint density at radius 1 is 1.30 bits per heavy atom. The van der Waals surface area contributed by atoms with E-state index in [9.17, 15) is 13.2 Å². The summed E-state index contributed by atoms with van der Waals surface area (Å²) < 4.78 is 55.8. The van der Waals surface area contributed by atoms with Crippen LogP contribution in [0.4, 0.5) is 13.2 Å². The minimum Gasteiger partial charge on any atom is -0.493 e. The normalized spacial score (nSPS) is 14.5. The number of benzene rings is 1. The lowest BCUT2D eigenvalue weighted by Crippen LogP contribution is -2.32. The second kappa shape index (κ2) is 9.75. The van der Waals surface area contributed by atoms with E-state index in [-0.39, 0.29) is 22.2 Å². The molecule has 1 N–H and O–H groups in total. The maximum Gasteiger partial charge on any atom is 0.437 e. The smallest absolute Gasteiger partial charge is 0.437 e. The van der Waals surface area contributed by atoms with Gasteiger partial charge in [0.15, 0.2) is 11.3 Å². The number of aryl methyl sites for hydroxylation is 1. The van der Waals surface area contributed by atoms with E-state index in [1.165, 1.54) is 6.07 Å². The van der Waals surface area contributed by atoms with Crippen molar-refractivity contribution in [2.45, 2.75) is 56.9 Å². The van der Waals surface area contributed by atoms with Crippen LogP contribution in [0.3, 0.4) is 0 Å². The minimum absolute atomic E-state index is 0.0418. The van der Waals surface area contributed by atoms with E-state index < -0.39 is 11.9 Å². The van der Waals surface area contributed by atoms with Gasteiger partial charge in [-0.1, -0.05) is 41.4 Å². The van der Waals surface area contributed by atoms with Crippen LogP contribution in [0.5, 0.6) is 5.75 Å². The summed E-state index contributed by atoms with van der Waals surface area (Å²) in [5.74, 6) is 0.509. The fraction of sp³-hybridized carbons (Fsp3) is 0.611. The van der Waals surface area contributed by atoms with Crippen LogP contribution in [-0.4, -0.2) is 30.1 Å². The van der Waals surface area contributed by atoms with Gasteiger partial charge in [0.2, 0.25) is 0 Å². The second-order valence-corrected chi connectivity index (χ2v) is 7.09. The van der Waals surface area contributed by atoms with E-state index in [2.05, 4.69) is 26.4 Å². The van der Waals surface area contributed by atoms with Gasteiger partial charge in [0.05, 0.1) is 12.0 Å². The monoisotopic (exact) mass is 452 g/mol. The molecule has 1 aromatic carbocycles. The average Bonchev–Trinajstić information content (AvgIpc) is 3.07. The fourth-order valence-corrected chi connectivity index (χ4v) is 2.96. The van der Waals surface area contributed by atoms with E-state index in [1.54, 1.807) is 13.1 Å². The standard InChI is InChI=1S/C18H24BrF3N2O3/c1-4-6-11-13(25-10-9-15(23-3)26-14(19)5-2)8-7-12-16(11)27-24-17(12)18(20,21)22/h7-8,14-15,23H,4-6,9-10H2,1-3H3. The summed E-state index contributed by atoms with van der Waals surface area (Å²) in [6, 6.07) is 2.90. The molecule has 152 valence electrons. The van der Waals surface area contributed by atoms with Crippen LogP contribution in [0.1, 0.15) is 44.4 Å². The summed E-state index contributed by atoms with van der Waals surface area (Å²) in [4.78, 5) is 0. The zero-order chi connectivity index (χ0) is 20.0. The number of nitrogens with zero attached hydrogens (tertiary/aromatic N) is 1. The van der Waals surface area contributed by atoms with Crippen molar-refractivity contribution in [1.29, 1.82) is 0 Å². The zero-order valence-corrected chi connectivity index (χ0v) is 17.1. The Morgan fingerprint density at radius 3 is 2.63 bits per heavy atom. The molecule has 9 heteroatoms. The van der Waals surface area contributed by atoms with Crippen LogP contribution in [-0.2, 0) is 17.3 Å². The molecule has 0 bridgehead atoms. The van der Waals surface area contributed by atoms with Gasteiger partial charge in [0.25, 0.3) is 0 Å². The number of fused-ring (bicyclic) bond motifs is 1. The minimum atomic E-state index is -4.56. The first kappa shape index (κ1) is 22.0. The Hall–Kier alpha value is -1.32. The highest BCUT2D eigenvalue weighted by atomic mass is 79.9. The van der Waals surface area contributed by atoms with E-state index in [1.807, 2.05) is 13.8 Å². The summed E-state index contributed by atoms with van der Waals surface area (Å²) in [7, 11) is 1.79. The third-order valence-electron chi connectivity index (χ3n) is 4.06. The first-order valence-electron chi connectivity index (χ1n) is 8.89. The molecular formula is C18H24BrF3N2O3. The third kappa shape index (κ3) is 5.58. The van der Waals surface area contributed by atoms with Crippen molar-refractivity contribution in [2.75, 3.05) is 13.7 Å². The molecule has 2 unspecified atom stereocenters. The van der Waals surface area contributed by atoms with Gasteiger partial charge in [0, 0.05) is 12.0 Å². The molecule has 2 atom stereocenters. The predicted octanol–water partition coefficient (Wildman–Crippen LogP) is 5.26. The van der Waals surface area contributed by atoms with Gasteiger partial charge in [-0.3, -0.25) is 5.32 Å². The second-order valence-electron chi connectivity index (χ2n) is 6.07. The zero-order valence-electron chi connectivity index (χ0n) is 15.5. The molecule has 5 nitrogen and oxygen atoms in total. The summed E-state index contributed by atoms with van der Waals surface area (Å²) in [5.41, 5.74) is -0.269. The van der Waals surface area contributed by atoms with Crippen molar-refractivity contribution in [3.05, 3.63) is 23.4 Å². The van der Waals surface area contributed by atoms with Crippen LogP contribution < -0.4 is 10.1 Å². The van der Waals surface area contributed by atoms with Crippen molar-refractivity contribution >= 4 is 26.9 Å². The summed E-state index contributed by atoms with van der Waals surface area (Å²) in [6.07, 6.45) is -2.09. The Kier molecular flexibility index (Phi) is 7.93. The lowest BCUT2D eigenvalue weighted by molar-refractivity contribution is -0.141. The number of hydrogen-bond acceptors (Lipinski definition) is 5. The number of alkyl halides is 4. The molecule has 2 aromatic rings. The molecule has 0 amide bonds. The van der Waals surface area contributed by atoms with Crippen molar-refractivity contribution in [3.8, 4) is 5.75 Å². The SMILES string of the molecule is CCCc1c(OCCC(NC)OC(Br)CC)ccc2c(C(F)(F)F)noc12. The van der Waals surface area contributed by atoms with Crippen molar-refractivity contribution in [1.82, 2.24) is 10.5 Å². The van der Waals surface area contributed by atoms with E-state index in [0.717, 1.165) is 12.8 Å². The largest absolute Gasteiger partial charge is 0.493 e. The number of rotatable bonds is 10. The van der Waals surface area contributed by atoms with Gasteiger partial charge in [-0.15, -0.1) is 0 Å². The molecule has 0 aliphatic carbocycles. The quantitative estimate of drug-likeness (QED) is 0.393. The number of nitrogens with one attached hydrogen (secondary N) is 1. The lowest BCUT2D eigenvalue weighted by atomic mass is 10.0. The summed E-state index contributed by atoms with van der Waals surface area (Å²) >= 11 is 3.42. The highest BCUT2D eigenvalue weighted by Crippen LogP contribution is 2.38. The molecule has 27 heavy (non-hydrogen) atoms. The number of ether oxygens (including phenoxy) is 2. The topological polar surface area (TPSA) is 56.5 Å². The first-order valence-corrected chi connectivity index (χ1v) is 9.81. The van der Waals surface area contributed by atoms with Crippen molar-refractivity contribution < 1.29 is 27.2 Å². The summed E-state index contributed by atoms with van der Waals surface area (Å²) in [6.45, 7) is 4.29. The van der Waals surface area contributed by atoms with Gasteiger partial charge >= 0.3 is 6.18 Å². The van der Waals surface area contributed by atoms with Gasteiger partial charge in [-0.05, 0) is 32.0 Å². The van der Waals surface area contributed by atoms with E-state index >= 15 is 0 Å². The van der Waals surface area contributed by atoms with Gasteiger partial charge in [0.1, 0.15) is 17.0 Å². The Labute approximate surface area is 164 Å². The molecule has 0 fully saturated rings. The maximum atomic E-state index is 13.1. The average molecular weight is 453 g/mol. The molecule has 1 heterocycles. The van der Waals surface area contributed by atoms with Crippen molar-refractivity contribution in [2.24, 2.45) is 0 Å². The van der Waals surface area contributed by atoms with Gasteiger partial charge in [-0.25, -0.2) is 0 Å². The van der Waals surface area contributed by atoms with Crippen LogP contribution >= 0.6 is 15.9 Å². The van der Waals surface area contributed by atoms with Crippen molar-refractivity contribution in [3.63, 3.8) is 0 Å². The first-order chi connectivity index (χ1) is 12.8. The lowest BCUT2D eigenvalue weighted by Gasteiger charge is -2.20. The molecule has 0 saturated carbocycles. The van der Waals surface area contributed by atoms with Crippen LogP contribution in [0, 0.1) is 0 Å². The molecule has 0 aliphatic rings. The third-order valence-corrected chi connectivity index (χ3v) is 4.93. The molecular weight excluding hydrogens is 429 g/mol. The van der Waals surface area contributed by atoms with E-state index in [0.29, 0.717) is 30.8 Å². The molecule has 0 aliphatic heterocycles. The van der Waals surface area contributed by atoms with E-state index in [4.69, 9.17) is 14.0 Å². The molecule has 0 radical (unpaired) electrons. The number of aromatic nitrogens is 1. The maximum absolute atomic E-state index is 13.1. The molecule has 0 saturated heterocycles. The Balaban J connectivity index is 2.17. The Morgan fingerprint density at radius 2 is 2.04 bits per heavy atom. The van der Waals surface area contributed by atoms with Crippen LogP contribution in [0.15, 0.2) is 16.7 Å². The predicted molar refractivity (Wildman–Crippen MR) is 100 cm³/mol. The fourth-order valence-electron chi connectivity index (χ4n) is 2.70. The highest BCUT2D eigenvalue weighted by molar-refractivity contribution is 9.09. The summed E-state index contributed by atoms with van der Waals surface area (Å²) in [5, 5.41) is 6.18. The van der Waals surface area contributed by atoms with Crippen LogP contribution in [0.25, 0.3) is 11.0 Å². The molecule has 0 spiro atoms. The molecule has 2 rings (SSSR count). The number of hydrogen-bond donors (Lipinski definition) is 1. The molecule has 1 aromatic heterocycles. The highest BCUT2D eigenvalue weighted by Gasteiger charge is 2.37. The van der Waals surface area contributed by atoms with Crippen LogP contribution in [0.2, 0.25) is 0 Å². The Bertz CT molecular complexity index is 736. The number of halogens is 4.